The van der Waals surface area contributed by atoms with Gasteiger partial charge in [-0.1, -0.05) is 0 Å². The van der Waals surface area contributed by atoms with Gasteiger partial charge in [-0.05, 0) is 15.9 Å². The predicted octanol–water partition coefficient (Wildman–Crippen LogP) is 2.43. The third-order valence-electron chi connectivity index (χ3n) is 3.13. The van der Waals surface area contributed by atoms with Crippen molar-refractivity contribution in [2.75, 3.05) is 24.3 Å². The maximum absolute atomic E-state index is 12.4. The molecular weight excluding hydrogens is 348 g/mol. The number of aromatic amines is 1. The first-order valence-electron chi connectivity index (χ1n) is 6.47. The van der Waals surface area contributed by atoms with E-state index in [1.807, 2.05) is 19.0 Å². The third-order valence-corrected chi connectivity index (χ3v) is 3.75. The maximum Gasteiger partial charge on any atom is 0.260 e. The van der Waals surface area contributed by atoms with Crippen molar-refractivity contribution in [2.45, 2.75) is 0 Å². The molecule has 112 valence electrons. The molecule has 0 saturated carbocycles. The zero-order valence-corrected chi connectivity index (χ0v) is 13.5. The molecule has 0 radical (unpaired) electrons. The van der Waals surface area contributed by atoms with Crippen molar-refractivity contribution in [1.29, 1.82) is 0 Å². The summed E-state index contributed by atoms with van der Waals surface area (Å²) in [5.41, 5.74) is 2.61. The number of hydrogen-bond donors (Lipinski definition) is 2. The summed E-state index contributed by atoms with van der Waals surface area (Å²) in [6.45, 7) is 0. The van der Waals surface area contributed by atoms with Gasteiger partial charge < -0.3 is 15.2 Å². The highest BCUT2D eigenvalue weighted by Crippen LogP contribution is 2.26. The molecule has 0 aromatic carbocycles. The Kier molecular flexibility index (Phi) is 3.76. The molecule has 3 aromatic heterocycles. The fraction of sp³-hybridized carbons (Fsp3) is 0.143. The molecule has 0 unspecified atom stereocenters. The summed E-state index contributed by atoms with van der Waals surface area (Å²) in [5.74, 6) is 0.161. The van der Waals surface area contributed by atoms with E-state index in [1.54, 1.807) is 18.5 Å². The van der Waals surface area contributed by atoms with Crippen molar-refractivity contribution in [3.05, 3.63) is 41.0 Å². The lowest BCUT2D eigenvalue weighted by molar-refractivity contribution is 0.102. The normalized spacial score (nSPS) is 10.7. The van der Waals surface area contributed by atoms with Gasteiger partial charge in [0, 0.05) is 32.6 Å². The highest BCUT2D eigenvalue weighted by atomic mass is 79.9. The number of carbonyl (C=O) groups excluding carboxylic acids is 1. The molecule has 22 heavy (non-hydrogen) atoms. The number of fused-ring (bicyclic) bond motifs is 1. The predicted molar refractivity (Wildman–Crippen MR) is 88.1 cm³/mol. The largest absolute Gasteiger partial charge is 0.377 e. The summed E-state index contributed by atoms with van der Waals surface area (Å²) in [7, 11) is 3.83. The fourth-order valence-corrected chi connectivity index (χ4v) is 2.63. The smallest absolute Gasteiger partial charge is 0.260 e. The minimum Gasteiger partial charge on any atom is -0.377 e. The molecule has 0 aliphatic heterocycles. The average molecular weight is 361 g/mol. The number of imidazole rings is 1. The number of hydrogen-bond acceptors (Lipinski definition) is 5. The van der Waals surface area contributed by atoms with Crippen LogP contribution in [0.3, 0.4) is 0 Å². The van der Waals surface area contributed by atoms with Crippen molar-refractivity contribution in [3.63, 3.8) is 0 Å². The monoisotopic (exact) mass is 360 g/mol. The van der Waals surface area contributed by atoms with Crippen molar-refractivity contribution in [3.8, 4) is 0 Å². The van der Waals surface area contributed by atoms with Crippen molar-refractivity contribution >= 4 is 44.4 Å². The number of pyridine rings is 2. The van der Waals surface area contributed by atoms with E-state index >= 15 is 0 Å². The van der Waals surface area contributed by atoms with Crippen LogP contribution in [0.1, 0.15) is 10.4 Å². The first-order valence-corrected chi connectivity index (χ1v) is 7.27. The fourth-order valence-electron chi connectivity index (χ4n) is 2.05. The van der Waals surface area contributed by atoms with Gasteiger partial charge in [0.1, 0.15) is 11.3 Å². The topological polar surface area (TPSA) is 86.8 Å². The lowest BCUT2D eigenvalue weighted by Crippen LogP contribution is -2.15. The molecule has 0 bridgehead atoms. The number of aromatic nitrogens is 4. The lowest BCUT2D eigenvalue weighted by atomic mass is 10.2. The Morgan fingerprint density at radius 3 is 2.86 bits per heavy atom. The molecule has 0 atom stereocenters. The number of anilines is 2. The second-order valence-corrected chi connectivity index (χ2v) is 5.71. The highest BCUT2D eigenvalue weighted by Gasteiger charge is 2.14. The number of nitrogens with one attached hydrogen (secondary N) is 2. The Labute approximate surface area is 134 Å². The summed E-state index contributed by atoms with van der Waals surface area (Å²) in [6.07, 6.45) is 6.30. The molecule has 0 saturated heterocycles. The van der Waals surface area contributed by atoms with Crippen LogP contribution in [0.5, 0.6) is 0 Å². The molecule has 0 aliphatic rings. The van der Waals surface area contributed by atoms with Gasteiger partial charge in [0.05, 0.1) is 33.8 Å². The van der Waals surface area contributed by atoms with Gasteiger partial charge in [0.15, 0.2) is 0 Å². The zero-order valence-electron chi connectivity index (χ0n) is 12.0. The quantitative estimate of drug-likeness (QED) is 0.748. The van der Waals surface area contributed by atoms with Gasteiger partial charge in [0.25, 0.3) is 5.91 Å². The van der Waals surface area contributed by atoms with E-state index in [0.717, 1.165) is 10.2 Å². The first-order chi connectivity index (χ1) is 10.6. The summed E-state index contributed by atoms with van der Waals surface area (Å²) in [4.78, 5) is 29.7. The molecule has 0 fully saturated rings. The second kappa shape index (κ2) is 5.72. The Morgan fingerprint density at radius 2 is 2.09 bits per heavy atom. The van der Waals surface area contributed by atoms with E-state index in [4.69, 9.17) is 0 Å². The van der Waals surface area contributed by atoms with Gasteiger partial charge in [-0.25, -0.2) is 9.97 Å². The number of carbonyl (C=O) groups is 1. The van der Waals surface area contributed by atoms with Crippen molar-refractivity contribution in [1.82, 2.24) is 19.9 Å². The van der Waals surface area contributed by atoms with E-state index in [9.17, 15) is 4.79 Å². The van der Waals surface area contributed by atoms with E-state index in [0.29, 0.717) is 22.4 Å². The summed E-state index contributed by atoms with van der Waals surface area (Å²) >= 11 is 3.43. The van der Waals surface area contributed by atoms with Gasteiger partial charge in [-0.15, -0.1) is 0 Å². The Bertz CT molecular complexity index is 844. The standard InChI is InChI=1S/C14H13BrN6O/c1-21(2)11-3-12(17-5-9(11)15)20-14(22)8-4-16-6-10-13(8)19-7-18-10/h3-7H,1-2H3,(H,18,19)(H,17,20,22). The summed E-state index contributed by atoms with van der Waals surface area (Å²) in [6, 6.07) is 1.79. The van der Waals surface area contributed by atoms with Crippen molar-refractivity contribution in [2.24, 2.45) is 0 Å². The van der Waals surface area contributed by atoms with E-state index in [-0.39, 0.29) is 5.91 Å². The van der Waals surface area contributed by atoms with Crippen LogP contribution >= 0.6 is 15.9 Å². The molecular formula is C14H13BrN6O. The zero-order chi connectivity index (χ0) is 15.7. The Balaban J connectivity index is 1.91. The average Bonchev–Trinajstić information content (AvgIpc) is 2.97. The molecule has 3 aromatic rings. The number of rotatable bonds is 3. The van der Waals surface area contributed by atoms with Gasteiger partial charge in [0.2, 0.25) is 0 Å². The van der Waals surface area contributed by atoms with Crippen LogP contribution in [0, 0.1) is 0 Å². The second-order valence-electron chi connectivity index (χ2n) is 4.86. The van der Waals surface area contributed by atoms with Crippen LogP contribution < -0.4 is 10.2 Å². The lowest BCUT2D eigenvalue weighted by Gasteiger charge is -2.15. The van der Waals surface area contributed by atoms with Crippen LogP contribution in [0.15, 0.2) is 35.5 Å². The molecule has 3 rings (SSSR count). The molecule has 0 aliphatic carbocycles. The van der Waals surface area contributed by atoms with Crippen LogP contribution in [0.25, 0.3) is 11.0 Å². The maximum atomic E-state index is 12.4. The number of nitrogens with zero attached hydrogens (tertiary/aromatic N) is 4. The summed E-state index contributed by atoms with van der Waals surface area (Å²) < 4.78 is 0.853. The third kappa shape index (κ3) is 2.64. The minimum atomic E-state index is -0.301. The van der Waals surface area contributed by atoms with Crippen LogP contribution in [0.4, 0.5) is 11.5 Å². The minimum absolute atomic E-state index is 0.301. The number of amides is 1. The summed E-state index contributed by atoms with van der Waals surface area (Å²) in [5, 5.41) is 2.77. The van der Waals surface area contributed by atoms with E-state index in [1.165, 1.54) is 12.5 Å². The van der Waals surface area contributed by atoms with Gasteiger partial charge in [-0.3, -0.25) is 9.78 Å². The van der Waals surface area contributed by atoms with Crippen LogP contribution in [-0.4, -0.2) is 39.9 Å². The molecule has 2 N–H and O–H groups in total. The van der Waals surface area contributed by atoms with Crippen molar-refractivity contribution < 1.29 is 4.79 Å². The van der Waals surface area contributed by atoms with Gasteiger partial charge in [-0.2, -0.15) is 0 Å². The van der Waals surface area contributed by atoms with Crippen LogP contribution in [0.2, 0.25) is 0 Å². The number of H-pyrrole nitrogens is 1. The van der Waals surface area contributed by atoms with E-state index in [2.05, 4.69) is 41.2 Å². The SMILES string of the molecule is CN(C)c1cc(NC(=O)c2cncc3[nH]cnc23)ncc1Br. The molecule has 3 heterocycles. The first kappa shape index (κ1) is 14.5. The Morgan fingerprint density at radius 1 is 1.27 bits per heavy atom. The molecule has 0 spiro atoms. The molecule has 7 nitrogen and oxygen atoms in total. The Hall–Kier alpha value is -2.48. The van der Waals surface area contributed by atoms with Gasteiger partial charge >= 0.3 is 0 Å². The van der Waals surface area contributed by atoms with Crippen LogP contribution in [-0.2, 0) is 0 Å². The van der Waals surface area contributed by atoms with E-state index < -0.39 is 0 Å². The molecule has 1 amide bonds. The highest BCUT2D eigenvalue weighted by molar-refractivity contribution is 9.10. The molecule has 8 heteroatoms. The number of halogens is 1.